The molecule has 0 radical (unpaired) electrons. The monoisotopic (exact) mass is 506 g/mol. The lowest BCUT2D eigenvalue weighted by Crippen LogP contribution is -2.44. The molecule has 0 aliphatic heterocycles. The minimum absolute atomic E-state index is 0.183. The van der Waals surface area contributed by atoms with Crippen molar-refractivity contribution in [2.24, 2.45) is 0 Å². The van der Waals surface area contributed by atoms with Crippen LogP contribution >= 0.6 is 11.3 Å². The topological polar surface area (TPSA) is 93.2 Å². The van der Waals surface area contributed by atoms with E-state index in [2.05, 4.69) is 32.7 Å². The Hall–Kier alpha value is -3.10. The molecule has 7 nitrogen and oxygen atoms in total. The van der Waals surface area contributed by atoms with Crippen LogP contribution in [-0.4, -0.2) is 33.9 Å². The highest BCUT2D eigenvalue weighted by Gasteiger charge is 2.22. The normalized spacial score (nSPS) is 14.8. The Balaban J connectivity index is 1.37. The quantitative estimate of drug-likeness (QED) is 0.357. The van der Waals surface area contributed by atoms with Crippen molar-refractivity contribution in [1.29, 1.82) is 0 Å². The van der Waals surface area contributed by atoms with Gasteiger partial charge in [-0.15, -0.1) is 0 Å². The SMILES string of the molecule is CCC[C@H](NC(=O)Cc1cccnc1)C(=O)Nc1ncc(-c2ccccc2COC2CCCCC2)s1. The first kappa shape index (κ1) is 26.0. The number of amides is 2. The summed E-state index contributed by atoms with van der Waals surface area (Å²) in [6, 6.07) is 11.2. The predicted molar refractivity (Wildman–Crippen MR) is 143 cm³/mol. The second kappa shape index (κ2) is 13.3. The number of carbonyl (C=O) groups is 2. The van der Waals surface area contributed by atoms with Gasteiger partial charge in [-0.25, -0.2) is 4.98 Å². The van der Waals surface area contributed by atoms with Crippen molar-refractivity contribution in [2.75, 3.05) is 5.32 Å². The fourth-order valence-electron chi connectivity index (χ4n) is 4.47. The molecule has 8 heteroatoms. The van der Waals surface area contributed by atoms with Crippen LogP contribution in [0.5, 0.6) is 0 Å². The number of benzene rings is 1. The third-order valence-electron chi connectivity index (χ3n) is 6.36. The molecule has 1 atom stereocenters. The standard InChI is InChI=1S/C28H34N4O3S/c1-2-9-24(31-26(33)16-20-10-8-15-29-17-20)27(34)32-28-30-18-25(36-28)23-14-7-6-11-21(23)19-35-22-12-4-3-5-13-22/h6-8,10-11,14-15,17-18,22,24H,2-5,9,12-13,16,19H2,1H3,(H,31,33)(H,30,32,34)/t24-/m0/s1. The van der Waals surface area contributed by atoms with Gasteiger partial charge in [-0.2, -0.15) is 0 Å². The van der Waals surface area contributed by atoms with Gasteiger partial charge in [0, 0.05) is 18.6 Å². The van der Waals surface area contributed by atoms with Gasteiger partial charge in [0.15, 0.2) is 5.13 Å². The average Bonchev–Trinajstić information content (AvgIpc) is 3.37. The maximum absolute atomic E-state index is 13.0. The molecule has 0 saturated heterocycles. The van der Waals surface area contributed by atoms with Crippen LogP contribution in [0.15, 0.2) is 55.0 Å². The van der Waals surface area contributed by atoms with E-state index < -0.39 is 6.04 Å². The lowest BCUT2D eigenvalue weighted by atomic mass is 9.97. The molecule has 190 valence electrons. The van der Waals surface area contributed by atoms with Gasteiger partial charge < -0.3 is 15.4 Å². The second-order valence-corrected chi connectivity index (χ2v) is 10.2. The number of hydrogen-bond donors (Lipinski definition) is 2. The molecular formula is C28H34N4O3S. The maximum Gasteiger partial charge on any atom is 0.248 e. The number of nitrogens with zero attached hydrogens (tertiary/aromatic N) is 2. The van der Waals surface area contributed by atoms with E-state index >= 15 is 0 Å². The van der Waals surface area contributed by atoms with Crippen LogP contribution in [0.3, 0.4) is 0 Å². The zero-order valence-corrected chi connectivity index (χ0v) is 21.6. The Morgan fingerprint density at radius 2 is 1.94 bits per heavy atom. The molecule has 0 bridgehead atoms. The fourth-order valence-corrected chi connectivity index (χ4v) is 5.35. The third kappa shape index (κ3) is 7.45. The van der Waals surface area contributed by atoms with Crippen LogP contribution in [-0.2, 0) is 27.4 Å². The largest absolute Gasteiger partial charge is 0.374 e. The van der Waals surface area contributed by atoms with Gasteiger partial charge in [-0.05, 0) is 42.0 Å². The number of thiazole rings is 1. The highest BCUT2D eigenvalue weighted by atomic mass is 32.1. The van der Waals surface area contributed by atoms with Crippen molar-refractivity contribution >= 4 is 28.3 Å². The molecule has 1 saturated carbocycles. The predicted octanol–water partition coefficient (Wildman–Crippen LogP) is 5.52. The van der Waals surface area contributed by atoms with Gasteiger partial charge in [0.25, 0.3) is 0 Å². The van der Waals surface area contributed by atoms with Crippen molar-refractivity contribution in [3.63, 3.8) is 0 Å². The minimum atomic E-state index is -0.622. The Morgan fingerprint density at radius 3 is 2.72 bits per heavy atom. The van der Waals surface area contributed by atoms with E-state index in [0.29, 0.717) is 24.3 Å². The summed E-state index contributed by atoms with van der Waals surface area (Å²) in [7, 11) is 0. The van der Waals surface area contributed by atoms with Crippen molar-refractivity contribution in [3.8, 4) is 10.4 Å². The molecule has 1 fully saturated rings. The Morgan fingerprint density at radius 1 is 1.11 bits per heavy atom. The number of rotatable bonds is 11. The summed E-state index contributed by atoms with van der Waals surface area (Å²) in [5.41, 5.74) is 3.00. The summed E-state index contributed by atoms with van der Waals surface area (Å²) in [5, 5.41) is 6.28. The van der Waals surface area contributed by atoms with Crippen LogP contribution in [0, 0.1) is 0 Å². The van der Waals surface area contributed by atoms with E-state index in [4.69, 9.17) is 4.74 Å². The van der Waals surface area contributed by atoms with E-state index in [1.807, 2.05) is 25.1 Å². The number of ether oxygens (including phenoxy) is 1. The summed E-state index contributed by atoms with van der Waals surface area (Å²) in [4.78, 5) is 35.0. The molecule has 36 heavy (non-hydrogen) atoms. The summed E-state index contributed by atoms with van der Waals surface area (Å²) in [6.07, 6.45) is 13.0. The van der Waals surface area contributed by atoms with E-state index in [1.165, 1.54) is 30.6 Å². The average molecular weight is 507 g/mol. The van der Waals surface area contributed by atoms with Gasteiger partial charge in [0.05, 0.1) is 24.0 Å². The first-order valence-electron chi connectivity index (χ1n) is 12.8. The van der Waals surface area contributed by atoms with E-state index in [9.17, 15) is 9.59 Å². The molecule has 2 amide bonds. The van der Waals surface area contributed by atoms with Crippen molar-refractivity contribution in [1.82, 2.24) is 15.3 Å². The zero-order chi connectivity index (χ0) is 25.2. The molecule has 2 N–H and O–H groups in total. The third-order valence-corrected chi connectivity index (χ3v) is 7.31. The smallest absolute Gasteiger partial charge is 0.248 e. The number of nitrogens with one attached hydrogen (secondary N) is 2. The van der Waals surface area contributed by atoms with Crippen molar-refractivity contribution in [3.05, 3.63) is 66.1 Å². The van der Waals surface area contributed by atoms with Crippen molar-refractivity contribution in [2.45, 2.75) is 77.0 Å². The Kier molecular flexibility index (Phi) is 9.58. The molecule has 2 heterocycles. The summed E-state index contributed by atoms with van der Waals surface area (Å²) >= 11 is 1.43. The van der Waals surface area contributed by atoms with E-state index in [-0.39, 0.29) is 18.2 Å². The molecule has 1 aliphatic rings. The summed E-state index contributed by atoms with van der Waals surface area (Å²) in [5.74, 6) is -0.463. The number of hydrogen-bond acceptors (Lipinski definition) is 6. The van der Waals surface area contributed by atoms with Gasteiger partial charge in [-0.1, -0.05) is 74.3 Å². The van der Waals surface area contributed by atoms with E-state index in [1.54, 1.807) is 24.7 Å². The minimum Gasteiger partial charge on any atom is -0.374 e. The molecule has 3 aromatic rings. The number of anilines is 1. The Labute approximate surface area is 216 Å². The maximum atomic E-state index is 13.0. The fraction of sp³-hybridized carbons (Fsp3) is 0.429. The highest BCUT2D eigenvalue weighted by molar-refractivity contribution is 7.19. The lowest BCUT2D eigenvalue weighted by Gasteiger charge is -2.22. The summed E-state index contributed by atoms with van der Waals surface area (Å²) in [6.45, 7) is 2.56. The lowest BCUT2D eigenvalue weighted by molar-refractivity contribution is -0.126. The molecule has 1 aliphatic carbocycles. The molecule has 4 rings (SSSR count). The second-order valence-electron chi connectivity index (χ2n) is 9.19. The first-order chi connectivity index (χ1) is 17.6. The van der Waals surface area contributed by atoms with Gasteiger partial charge in [0.2, 0.25) is 11.8 Å². The van der Waals surface area contributed by atoms with Gasteiger partial charge >= 0.3 is 0 Å². The number of pyridine rings is 1. The van der Waals surface area contributed by atoms with Crippen LogP contribution in [0.2, 0.25) is 0 Å². The molecular weight excluding hydrogens is 472 g/mol. The van der Waals surface area contributed by atoms with Crippen LogP contribution in [0.1, 0.15) is 63.0 Å². The molecule has 0 spiro atoms. The van der Waals surface area contributed by atoms with Gasteiger partial charge in [-0.3, -0.25) is 14.6 Å². The summed E-state index contributed by atoms with van der Waals surface area (Å²) < 4.78 is 6.21. The molecule has 0 unspecified atom stereocenters. The molecule has 1 aromatic carbocycles. The van der Waals surface area contributed by atoms with Crippen LogP contribution < -0.4 is 10.6 Å². The molecule has 2 aromatic heterocycles. The first-order valence-corrected chi connectivity index (χ1v) is 13.6. The van der Waals surface area contributed by atoms with Crippen molar-refractivity contribution < 1.29 is 14.3 Å². The zero-order valence-electron chi connectivity index (χ0n) is 20.7. The van der Waals surface area contributed by atoms with Gasteiger partial charge in [0.1, 0.15) is 6.04 Å². The number of carbonyl (C=O) groups excluding carboxylic acids is 2. The van der Waals surface area contributed by atoms with Crippen LogP contribution in [0.25, 0.3) is 10.4 Å². The Bertz CT molecular complexity index is 1130. The van der Waals surface area contributed by atoms with Crippen LogP contribution in [0.4, 0.5) is 5.13 Å². The number of aromatic nitrogens is 2. The highest BCUT2D eigenvalue weighted by Crippen LogP contribution is 2.32. The van der Waals surface area contributed by atoms with E-state index in [0.717, 1.165) is 40.8 Å².